The second-order valence-electron chi connectivity index (χ2n) is 4.53. The molecule has 0 spiro atoms. The lowest BCUT2D eigenvalue weighted by atomic mass is 10.1. The number of rotatable bonds is 5. The van der Waals surface area contributed by atoms with Crippen molar-refractivity contribution in [3.05, 3.63) is 33.4 Å². The summed E-state index contributed by atoms with van der Waals surface area (Å²) in [5.74, 6) is -1.58. The number of ether oxygens (including phenoxy) is 1. The Hall–Kier alpha value is -2.25. The van der Waals surface area contributed by atoms with Crippen LogP contribution >= 0.6 is 23.2 Å². The molecule has 1 fully saturated rings. The minimum absolute atomic E-state index is 0.0369. The summed E-state index contributed by atoms with van der Waals surface area (Å²) in [5, 5.41) is 11.2. The third kappa shape index (κ3) is 3.75. The quantitative estimate of drug-likeness (QED) is 0.622. The molecule has 1 aromatic rings. The van der Waals surface area contributed by atoms with E-state index in [1.54, 1.807) is 6.92 Å². The van der Waals surface area contributed by atoms with Crippen LogP contribution in [-0.2, 0) is 9.59 Å². The van der Waals surface area contributed by atoms with Crippen molar-refractivity contribution in [2.24, 2.45) is 0 Å². The van der Waals surface area contributed by atoms with Crippen molar-refractivity contribution in [3.63, 3.8) is 0 Å². The predicted molar refractivity (Wildman–Crippen MR) is 83.5 cm³/mol. The van der Waals surface area contributed by atoms with Gasteiger partial charge in [0, 0.05) is 6.54 Å². The topological polar surface area (TPSA) is 95.9 Å². The van der Waals surface area contributed by atoms with Gasteiger partial charge >= 0.3 is 12.0 Å². The molecule has 1 saturated heterocycles. The average molecular weight is 359 g/mol. The van der Waals surface area contributed by atoms with Crippen LogP contribution in [0.3, 0.4) is 0 Å². The number of imide groups is 1. The van der Waals surface area contributed by atoms with Gasteiger partial charge in [0.1, 0.15) is 5.70 Å². The lowest BCUT2D eigenvalue weighted by Gasteiger charge is -2.09. The molecule has 7 nitrogen and oxygen atoms in total. The fourth-order valence-corrected chi connectivity index (χ4v) is 2.57. The molecule has 122 valence electrons. The fourth-order valence-electron chi connectivity index (χ4n) is 1.96. The summed E-state index contributed by atoms with van der Waals surface area (Å²) in [7, 11) is 0. The number of nitrogens with zero attached hydrogens (tertiary/aromatic N) is 1. The minimum Gasteiger partial charge on any atom is -0.479 e. The first-order valence-corrected chi connectivity index (χ1v) is 7.27. The van der Waals surface area contributed by atoms with Gasteiger partial charge in [-0.3, -0.25) is 9.69 Å². The monoisotopic (exact) mass is 358 g/mol. The maximum absolute atomic E-state index is 12.0. The van der Waals surface area contributed by atoms with Crippen LogP contribution in [0.15, 0.2) is 17.8 Å². The standard InChI is InChI=1S/C14H12Cl2N2O5/c1-2-18-13(21)10(17-14(18)22)5-7-3-8(15)12(9(16)4-7)23-6-11(19)20/h3-5H,2,6H2,1H3,(H,17,22)(H,19,20)/b10-5+. The third-order valence-electron chi connectivity index (χ3n) is 2.95. The minimum atomic E-state index is -1.16. The summed E-state index contributed by atoms with van der Waals surface area (Å²) in [6.07, 6.45) is 1.43. The molecule has 23 heavy (non-hydrogen) atoms. The van der Waals surface area contributed by atoms with E-state index in [1.165, 1.54) is 18.2 Å². The SMILES string of the molecule is CCN1C(=O)N/C(=C/c2cc(Cl)c(OCC(=O)O)c(Cl)c2)C1=O. The van der Waals surface area contributed by atoms with Crippen LogP contribution in [0.5, 0.6) is 5.75 Å². The molecule has 1 aromatic carbocycles. The Morgan fingerprint density at radius 1 is 1.35 bits per heavy atom. The Bertz CT molecular complexity index is 694. The van der Waals surface area contributed by atoms with E-state index in [1.807, 2.05) is 0 Å². The van der Waals surface area contributed by atoms with Crippen molar-refractivity contribution >= 4 is 47.2 Å². The number of carboxylic acids is 1. The number of halogens is 2. The molecular formula is C14H12Cl2N2O5. The van der Waals surface area contributed by atoms with Crippen LogP contribution in [0.1, 0.15) is 12.5 Å². The number of hydrogen-bond donors (Lipinski definition) is 2. The van der Waals surface area contributed by atoms with Crippen LogP contribution in [0.2, 0.25) is 10.0 Å². The molecule has 0 atom stereocenters. The number of nitrogens with one attached hydrogen (secondary N) is 1. The molecule has 0 saturated carbocycles. The number of hydrogen-bond acceptors (Lipinski definition) is 4. The van der Waals surface area contributed by atoms with Gasteiger partial charge in [-0.25, -0.2) is 9.59 Å². The largest absolute Gasteiger partial charge is 0.479 e. The van der Waals surface area contributed by atoms with E-state index in [9.17, 15) is 14.4 Å². The summed E-state index contributed by atoms with van der Waals surface area (Å²) in [6.45, 7) is 1.36. The summed E-state index contributed by atoms with van der Waals surface area (Å²) in [6, 6.07) is 2.40. The van der Waals surface area contributed by atoms with Crippen LogP contribution in [0.25, 0.3) is 6.08 Å². The first kappa shape index (κ1) is 17.1. The summed E-state index contributed by atoms with van der Waals surface area (Å²) in [4.78, 5) is 35.1. The number of amides is 3. The van der Waals surface area contributed by atoms with Gasteiger partial charge < -0.3 is 15.2 Å². The summed E-state index contributed by atoms with van der Waals surface area (Å²) >= 11 is 12.0. The molecule has 1 aliphatic heterocycles. The Balaban J connectivity index is 2.28. The maximum atomic E-state index is 12.0. The van der Waals surface area contributed by atoms with E-state index < -0.39 is 24.5 Å². The van der Waals surface area contributed by atoms with Gasteiger partial charge in [-0.2, -0.15) is 0 Å². The Labute approximate surface area is 141 Å². The van der Waals surface area contributed by atoms with Crippen LogP contribution in [0, 0.1) is 0 Å². The van der Waals surface area contributed by atoms with Gasteiger partial charge in [-0.05, 0) is 30.7 Å². The van der Waals surface area contributed by atoms with E-state index in [2.05, 4.69) is 5.32 Å². The van der Waals surface area contributed by atoms with Crippen molar-refractivity contribution in [1.82, 2.24) is 10.2 Å². The molecule has 0 aliphatic carbocycles. The second-order valence-corrected chi connectivity index (χ2v) is 5.35. The number of carbonyl (C=O) groups is 3. The predicted octanol–water partition coefficient (Wildman–Crippen LogP) is 2.37. The van der Waals surface area contributed by atoms with Crippen molar-refractivity contribution in [2.75, 3.05) is 13.2 Å². The van der Waals surface area contributed by atoms with Gasteiger partial charge in [0.25, 0.3) is 5.91 Å². The number of carbonyl (C=O) groups excluding carboxylic acids is 2. The molecule has 1 heterocycles. The molecule has 2 rings (SSSR count). The second kappa shape index (κ2) is 6.89. The van der Waals surface area contributed by atoms with Crippen molar-refractivity contribution in [2.45, 2.75) is 6.92 Å². The highest BCUT2D eigenvalue weighted by molar-refractivity contribution is 6.37. The lowest BCUT2D eigenvalue weighted by molar-refractivity contribution is -0.139. The van der Waals surface area contributed by atoms with Gasteiger partial charge in [0.15, 0.2) is 12.4 Å². The van der Waals surface area contributed by atoms with Gasteiger partial charge in [-0.1, -0.05) is 23.2 Å². The number of aliphatic carboxylic acids is 1. The first-order chi connectivity index (χ1) is 10.8. The molecule has 0 aromatic heterocycles. The van der Waals surface area contributed by atoms with Gasteiger partial charge in [0.2, 0.25) is 0 Å². The zero-order valence-electron chi connectivity index (χ0n) is 11.9. The molecule has 2 N–H and O–H groups in total. The van der Waals surface area contributed by atoms with Gasteiger partial charge in [-0.15, -0.1) is 0 Å². The average Bonchev–Trinajstić information content (AvgIpc) is 2.71. The Morgan fingerprint density at radius 2 is 1.96 bits per heavy atom. The van der Waals surface area contributed by atoms with Crippen LogP contribution < -0.4 is 10.1 Å². The highest BCUT2D eigenvalue weighted by atomic mass is 35.5. The molecule has 0 unspecified atom stereocenters. The molecule has 0 bridgehead atoms. The molecular weight excluding hydrogens is 347 g/mol. The molecule has 1 aliphatic rings. The van der Waals surface area contributed by atoms with Crippen molar-refractivity contribution in [1.29, 1.82) is 0 Å². The highest BCUT2D eigenvalue weighted by Gasteiger charge is 2.32. The number of urea groups is 1. The normalized spacial score (nSPS) is 16.0. The van der Waals surface area contributed by atoms with Crippen LogP contribution in [0.4, 0.5) is 4.79 Å². The maximum Gasteiger partial charge on any atom is 0.341 e. The van der Waals surface area contributed by atoms with Crippen molar-refractivity contribution < 1.29 is 24.2 Å². The molecule has 3 amide bonds. The van der Waals surface area contributed by atoms with E-state index in [0.717, 1.165) is 4.90 Å². The Morgan fingerprint density at radius 3 is 2.43 bits per heavy atom. The molecule has 0 radical (unpaired) electrons. The van der Waals surface area contributed by atoms with E-state index in [4.69, 9.17) is 33.0 Å². The number of likely N-dealkylation sites (N-methyl/N-ethyl adjacent to an activating group) is 1. The Kier molecular flexibility index (Phi) is 5.12. The van der Waals surface area contributed by atoms with Gasteiger partial charge in [0.05, 0.1) is 10.0 Å². The number of benzene rings is 1. The summed E-state index contributed by atoms with van der Waals surface area (Å²) < 4.78 is 5.00. The fraction of sp³-hybridized carbons (Fsp3) is 0.214. The highest BCUT2D eigenvalue weighted by Crippen LogP contribution is 2.35. The first-order valence-electron chi connectivity index (χ1n) is 6.51. The zero-order chi connectivity index (χ0) is 17.1. The smallest absolute Gasteiger partial charge is 0.341 e. The van der Waals surface area contributed by atoms with Crippen molar-refractivity contribution in [3.8, 4) is 5.75 Å². The van der Waals surface area contributed by atoms with E-state index in [-0.39, 0.29) is 28.0 Å². The van der Waals surface area contributed by atoms with Crippen LogP contribution in [-0.4, -0.2) is 41.1 Å². The zero-order valence-corrected chi connectivity index (χ0v) is 13.4. The third-order valence-corrected chi connectivity index (χ3v) is 3.51. The molecule has 9 heteroatoms. The van der Waals surface area contributed by atoms with E-state index >= 15 is 0 Å². The van der Waals surface area contributed by atoms with E-state index in [0.29, 0.717) is 5.56 Å². The lowest BCUT2D eigenvalue weighted by Crippen LogP contribution is -2.30. The number of carboxylic acid groups (broad SMARTS) is 1. The summed E-state index contributed by atoms with van der Waals surface area (Å²) in [5.41, 5.74) is 0.562.